The van der Waals surface area contributed by atoms with Crippen LogP contribution in [-0.4, -0.2) is 41.9 Å². The normalized spacial score (nSPS) is 21.4. The molecule has 0 aromatic rings. The molecule has 1 heterocycles. The molecule has 0 aromatic carbocycles. The first-order valence-corrected chi connectivity index (χ1v) is 9.88. The number of carbonyl (C=O) groups is 3. The molecule has 3 atom stereocenters. The summed E-state index contributed by atoms with van der Waals surface area (Å²) in [6, 6.07) is -1.23. The van der Waals surface area contributed by atoms with Crippen LogP contribution >= 0.6 is 0 Å². The highest BCUT2D eigenvalue weighted by atomic mass is 16.6. The van der Waals surface area contributed by atoms with E-state index < -0.39 is 17.7 Å². The Morgan fingerprint density at radius 1 is 1.08 bits per heavy atom. The zero-order chi connectivity index (χ0) is 19.9. The lowest BCUT2D eigenvalue weighted by molar-refractivity contribution is -0.134. The zero-order valence-electron chi connectivity index (χ0n) is 17.2. The molecule has 6 nitrogen and oxygen atoms in total. The van der Waals surface area contributed by atoms with Gasteiger partial charge in [-0.2, -0.15) is 0 Å². The van der Waals surface area contributed by atoms with E-state index in [-0.39, 0.29) is 29.4 Å². The molecule has 0 bridgehead atoms. The molecule has 1 saturated heterocycles. The Morgan fingerprint density at radius 2 is 1.69 bits per heavy atom. The van der Waals surface area contributed by atoms with Crippen molar-refractivity contribution in [1.82, 2.24) is 10.6 Å². The molecule has 0 radical (unpaired) electrons. The van der Waals surface area contributed by atoms with E-state index in [0.29, 0.717) is 19.4 Å². The van der Waals surface area contributed by atoms with Crippen molar-refractivity contribution < 1.29 is 19.1 Å². The van der Waals surface area contributed by atoms with E-state index >= 15 is 0 Å². The highest BCUT2D eigenvalue weighted by Gasteiger charge is 2.50. The van der Waals surface area contributed by atoms with Crippen molar-refractivity contribution >= 4 is 17.6 Å². The number of nitrogens with one attached hydrogen (secondary N) is 2. The van der Waals surface area contributed by atoms with Gasteiger partial charge in [0.05, 0.1) is 12.6 Å². The summed E-state index contributed by atoms with van der Waals surface area (Å²) in [5.41, 5.74) is -0.774. The molecule has 1 fully saturated rings. The zero-order valence-corrected chi connectivity index (χ0v) is 17.2. The highest BCUT2D eigenvalue weighted by molar-refractivity contribution is 5.97. The van der Waals surface area contributed by atoms with Crippen LogP contribution in [0.5, 0.6) is 0 Å². The van der Waals surface area contributed by atoms with Gasteiger partial charge in [-0.3, -0.25) is 14.4 Å². The number of epoxide rings is 1. The molecular weight excluding hydrogens is 332 g/mol. The molecule has 1 rings (SSSR count). The van der Waals surface area contributed by atoms with Gasteiger partial charge < -0.3 is 15.4 Å². The van der Waals surface area contributed by atoms with E-state index in [1.165, 1.54) is 0 Å². The van der Waals surface area contributed by atoms with Crippen LogP contribution in [0.3, 0.4) is 0 Å². The summed E-state index contributed by atoms with van der Waals surface area (Å²) in [4.78, 5) is 37.6. The highest BCUT2D eigenvalue weighted by Crippen LogP contribution is 2.29. The van der Waals surface area contributed by atoms with Crippen LogP contribution in [0.15, 0.2) is 0 Å². The molecule has 0 spiro atoms. The molecule has 1 aliphatic rings. The monoisotopic (exact) mass is 368 g/mol. The molecule has 0 aromatic heterocycles. The number of Topliss-reactive ketones (excluding diaryl/α,β-unsaturated/α-hetero) is 1. The number of rotatable bonds is 12. The van der Waals surface area contributed by atoms with Gasteiger partial charge in [-0.1, -0.05) is 47.5 Å². The maximum Gasteiger partial charge on any atom is 0.243 e. The predicted molar refractivity (Wildman–Crippen MR) is 102 cm³/mol. The first-order valence-electron chi connectivity index (χ1n) is 9.88. The van der Waals surface area contributed by atoms with Crippen molar-refractivity contribution in [1.29, 1.82) is 0 Å². The van der Waals surface area contributed by atoms with Crippen LogP contribution in [-0.2, 0) is 19.1 Å². The van der Waals surface area contributed by atoms with Crippen LogP contribution < -0.4 is 10.6 Å². The third kappa shape index (κ3) is 7.06. The van der Waals surface area contributed by atoms with Crippen molar-refractivity contribution in [2.45, 2.75) is 91.3 Å². The van der Waals surface area contributed by atoms with Gasteiger partial charge in [-0.15, -0.1) is 0 Å². The Hall–Kier alpha value is -1.43. The largest absolute Gasteiger partial charge is 0.361 e. The number of ketones is 1. The summed E-state index contributed by atoms with van der Waals surface area (Å²) in [7, 11) is 0. The molecular formula is C20H36N2O4. The summed E-state index contributed by atoms with van der Waals surface area (Å²) in [5.74, 6) is -0.305. The van der Waals surface area contributed by atoms with Crippen LogP contribution in [0.1, 0.15) is 73.6 Å². The van der Waals surface area contributed by atoms with Crippen LogP contribution in [0.4, 0.5) is 0 Å². The van der Waals surface area contributed by atoms with Crippen molar-refractivity contribution in [3.05, 3.63) is 0 Å². The fourth-order valence-corrected chi connectivity index (χ4v) is 2.90. The second-order valence-corrected chi connectivity index (χ2v) is 8.32. The fraction of sp³-hybridized carbons (Fsp3) is 0.850. The molecule has 6 heteroatoms. The van der Waals surface area contributed by atoms with Gasteiger partial charge in [0.1, 0.15) is 11.6 Å². The number of carbonyl (C=O) groups excluding carboxylic acids is 3. The average molecular weight is 369 g/mol. The number of amides is 2. The Labute approximate surface area is 157 Å². The quantitative estimate of drug-likeness (QED) is 0.409. The van der Waals surface area contributed by atoms with Crippen LogP contribution in [0, 0.1) is 11.8 Å². The van der Waals surface area contributed by atoms with E-state index in [4.69, 9.17) is 4.74 Å². The maximum atomic E-state index is 12.8. The van der Waals surface area contributed by atoms with Crippen molar-refractivity contribution in [3.8, 4) is 0 Å². The lowest BCUT2D eigenvalue weighted by Gasteiger charge is -2.26. The second kappa shape index (κ2) is 10.0. The molecule has 2 amide bonds. The van der Waals surface area contributed by atoms with E-state index in [9.17, 15) is 14.4 Å². The Morgan fingerprint density at radius 3 is 2.15 bits per heavy atom. The lowest BCUT2D eigenvalue weighted by atomic mass is 9.92. The van der Waals surface area contributed by atoms with Gasteiger partial charge in [0.25, 0.3) is 0 Å². The topological polar surface area (TPSA) is 87.8 Å². The number of hydrogen-bond acceptors (Lipinski definition) is 4. The molecule has 2 N–H and O–H groups in total. The van der Waals surface area contributed by atoms with Crippen molar-refractivity contribution in [3.63, 3.8) is 0 Å². The number of hydrogen-bond donors (Lipinski definition) is 2. The molecule has 1 aliphatic heterocycles. The SMILES string of the molecule is CCCCCC(=O)N[C@H](C(=O)N[C@@H](CC(C)C)C(=O)[C@]1(C)CO1)C(C)C. The van der Waals surface area contributed by atoms with Crippen LogP contribution in [0.2, 0.25) is 0 Å². The summed E-state index contributed by atoms with van der Waals surface area (Å²) >= 11 is 0. The summed E-state index contributed by atoms with van der Waals surface area (Å²) < 4.78 is 5.26. The van der Waals surface area contributed by atoms with Gasteiger partial charge in [0.2, 0.25) is 11.8 Å². The van der Waals surface area contributed by atoms with E-state index in [1.807, 2.05) is 27.7 Å². The lowest BCUT2D eigenvalue weighted by Crippen LogP contribution is -2.55. The Kier molecular flexibility index (Phi) is 8.74. The molecule has 0 saturated carbocycles. The van der Waals surface area contributed by atoms with Gasteiger partial charge in [0, 0.05) is 6.42 Å². The first kappa shape index (κ1) is 22.6. The minimum Gasteiger partial charge on any atom is -0.361 e. The van der Waals surface area contributed by atoms with Gasteiger partial charge in [0.15, 0.2) is 5.78 Å². The summed E-state index contributed by atoms with van der Waals surface area (Å²) in [6.45, 7) is 12.0. The van der Waals surface area contributed by atoms with Crippen LogP contribution in [0.25, 0.3) is 0 Å². The van der Waals surface area contributed by atoms with Gasteiger partial charge in [-0.05, 0) is 31.6 Å². The summed E-state index contributed by atoms with van der Waals surface area (Å²) in [6.07, 6.45) is 3.83. The average Bonchev–Trinajstić information content (AvgIpc) is 3.29. The van der Waals surface area contributed by atoms with E-state index in [2.05, 4.69) is 17.6 Å². The third-order valence-corrected chi connectivity index (χ3v) is 4.71. The summed E-state index contributed by atoms with van der Waals surface area (Å²) in [5, 5.41) is 5.70. The molecule has 0 aliphatic carbocycles. The Bertz CT molecular complexity index is 498. The molecule has 26 heavy (non-hydrogen) atoms. The second-order valence-electron chi connectivity index (χ2n) is 8.32. The van der Waals surface area contributed by atoms with Gasteiger partial charge in [-0.25, -0.2) is 0 Å². The maximum absolute atomic E-state index is 12.8. The van der Waals surface area contributed by atoms with E-state index in [0.717, 1.165) is 19.3 Å². The number of unbranched alkanes of at least 4 members (excludes halogenated alkanes) is 2. The minimum absolute atomic E-state index is 0.0623. The fourth-order valence-electron chi connectivity index (χ4n) is 2.90. The van der Waals surface area contributed by atoms with Gasteiger partial charge >= 0.3 is 0 Å². The smallest absolute Gasteiger partial charge is 0.243 e. The standard InChI is InChI=1S/C20H36N2O4/c1-7-8-9-10-16(23)22-17(14(4)5)19(25)21-15(11-13(2)3)18(24)20(6)12-26-20/h13-15,17H,7-12H2,1-6H3,(H,21,25)(H,22,23)/t15-,17-,20-/m0/s1. The minimum atomic E-state index is -0.774. The third-order valence-electron chi connectivity index (χ3n) is 4.71. The molecule has 150 valence electrons. The number of ether oxygens (including phenoxy) is 1. The molecule has 0 unspecified atom stereocenters. The Balaban J connectivity index is 2.72. The van der Waals surface area contributed by atoms with Crippen molar-refractivity contribution in [2.75, 3.05) is 6.61 Å². The predicted octanol–water partition coefficient (Wildman–Crippen LogP) is 2.60. The first-order chi connectivity index (χ1) is 12.1. The van der Waals surface area contributed by atoms with Crippen molar-refractivity contribution in [2.24, 2.45) is 11.8 Å². The van der Waals surface area contributed by atoms with E-state index in [1.54, 1.807) is 6.92 Å².